The maximum Gasteiger partial charge on any atom is 0.335 e. The number of amides is 1. The van der Waals surface area contributed by atoms with Crippen molar-refractivity contribution in [2.75, 3.05) is 5.32 Å². The molecule has 0 atom stereocenters. The Balaban J connectivity index is 2.09. The van der Waals surface area contributed by atoms with Gasteiger partial charge in [-0.05, 0) is 36.8 Å². The van der Waals surface area contributed by atoms with Crippen LogP contribution < -0.4 is 11.1 Å². The molecule has 108 valence electrons. The number of carbonyl (C=O) groups is 2. The summed E-state index contributed by atoms with van der Waals surface area (Å²) in [6, 6.07) is 9.73. The Hall–Kier alpha value is -2.89. The van der Waals surface area contributed by atoms with E-state index in [0.717, 1.165) is 5.56 Å². The summed E-state index contributed by atoms with van der Waals surface area (Å²) in [4.78, 5) is 26.2. The van der Waals surface area contributed by atoms with Gasteiger partial charge in [0, 0.05) is 17.8 Å². The maximum atomic E-state index is 11.2. The minimum atomic E-state index is -0.957. The second-order valence-corrected chi connectivity index (χ2v) is 4.60. The van der Waals surface area contributed by atoms with E-state index in [4.69, 9.17) is 10.8 Å². The van der Waals surface area contributed by atoms with Gasteiger partial charge in [0.25, 0.3) is 0 Å². The average molecular weight is 285 g/mol. The molecule has 1 amide bonds. The first-order valence-electron chi connectivity index (χ1n) is 6.30. The monoisotopic (exact) mass is 285 g/mol. The highest BCUT2D eigenvalue weighted by Crippen LogP contribution is 2.12. The zero-order valence-electron chi connectivity index (χ0n) is 11.5. The molecule has 21 heavy (non-hydrogen) atoms. The molecule has 0 saturated heterocycles. The number of nitrogens with one attached hydrogen (secondary N) is 1. The lowest BCUT2D eigenvalue weighted by Gasteiger charge is -2.08. The molecule has 6 nitrogen and oxygen atoms in total. The number of primary amides is 1. The zero-order valence-corrected chi connectivity index (χ0v) is 11.5. The van der Waals surface area contributed by atoms with E-state index in [1.807, 2.05) is 0 Å². The molecule has 2 aromatic rings. The maximum absolute atomic E-state index is 11.2. The number of carboxylic acids is 1. The molecule has 2 rings (SSSR count). The number of hydrogen-bond acceptors (Lipinski definition) is 4. The molecule has 0 fully saturated rings. The number of aromatic nitrogens is 1. The van der Waals surface area contributed by atoms with Gasteiger partial charge in [-0.3, -0.25) is 4.79 Å². The van der Waals surface area contributed by atoms with E-state index in [2.05, 4.69) is 10.3 Å². The van der Waals surface area contributed by atoms with Crippen molar-refractivity contribution in [2.24, 2.45) is 5.73 Å². The van der Waals surface area contributed by atoms with E-state index < -0.39 is 11.9 Å². The Bertz CT molecular complexity index is 681. The molecule has 1 aromatic heterocycles. The van der Waals surface area contributed by atoms with Crippen molar-refractivity contribution in [3.8, 4) is 0 Å². The third-order valence-corrected chi connectivity index (χ3v) is 2.91. The summed E-state index contributed by atoms with van der Waals surface area (Å²) in [6.07, 6.45) is 0. The number of nitrogens with two attached hydrogens (primary N) is 1. The van der Waals surface area contributed by atoms with Crippen LogP contribution in [0.25, 0.3) is 0 Å². The van der Waals surface area contributed by atoms with Gasteiger partial charge >= 0.3 is 5.97 Å². The Labute approximate surface area is 121 Å². The van der Waals surface area contributed by atoms with Crippen LogP contribution in [0.4, 0.5) is 5.82 Å². The summed E-state index contributed by atoms with van der Waals surface area (Å²) in [7, 11) is 0. The molecule has 1 aromatic carbocycles. The van der Waals surface area contributed by atoms with Crippen LogP contribution in [0.5, 0.6) is 0 Å². The zero-order chi connectivity index (χ0) is 15.4. The molecule has 0 spiro atoms. The smallest absolute Gasteiger partial charge is 0.335 e. The SMILES string of the molecule is Cc1cc(C(N)=O)cc(NCc2ccc(C(=O)O)cc2)n1. The summed E-state index contributed by atoms with van der Waals surface area (Å²) in [5, 5.41) is 11.9. The highest BCUT2D eigenvalue weighted by atomic mass is 16.4. The molecular weight excluding hydrogens is 270 g/mol. The van der Waals surface area contributed by atoms with E-state index in [1.54, 1.807) is 31.2 Å². The van der Waals surface area contributed by atoms with Crippen molar-refractivity contribution >= 4 is 17.7 Å². The van der Waals surface area contributed by atoms with E-state index in [9.17, 15) is 9.59 Å². The van der Waals surface area contributed by atoms with Crippen LogP contribution in [0.3, 0.4) is 0 Å². The highest BCUT2D eigenvalue weighted by molar-refractivity contribution is 5.93. The van der Waals surface area contributed by atoms with Gasteiger partial charge in [-0.25, -0.2) is 9.78 Å². The second kappa shape index (κ2) is 6.04. The fourth-order valence-electron chi connectivity index (χ4n) is 1.86. The standard InChI is InChI=1S/C15H15N3O3/c1-9-6-12(14(16)19)7-13(18-9)17-8-10-2-4-11(5-3-10)15(20)21/h2-7H,8H2,1H3,(H2,16,19)(H,17,18)(H,20,21). The van der Waals surface area contributed by atoms with Gasteiger partial charge in [0.2, 0.25) is 5.91 Å². The average Bonchev–Trinajstić information content (AvgIpc) is 2.45. The number of aryl methyl sites for hydroxylation is 1. The number of carboxylic acid groups (broad SMARTS) is 1. The molecule has 0 radical (unpaired) electrons. The lowest BCUT2D eigenvalue weighted by molar-refractivity contribution is 0.0696. The normalized spacial score (nSPS) is 10.1. The lowest BCUT2D eigenvalue weighted by Crippen LogP contribution is -2.12. The number of aromatic carboxylic acids is 1. The number of nitrogens with zero attached hydrogens (tertiary/aromatic N) is 1. The van der Waals surface area contributed by atoms with Gasteiger partial charge in [-0.1, -0.05) is 12.1 Å². The van der Waals surface area contributed by atoms with E-state index in [1.165, 1.54) is 12.1 Å². The fraction of sp³-hybridized carbons (Fsp3) is 0.133. The summed E-state index contributed by atoms with van der Waals surface area (Å²) in [5.74, 6) is -0.915. The molecule has 0 aliphatic heterocycles. The first-order valence-corrected chi connectivity index (χ1v) is 6.30. The number of carbonyl (C=O) groups excluding carboxylic acids is 1. The van der Waals surface area contributed by atoms with Crippen LogP contribution in [0.1, 0.15) is 32.0 Å². The lowest BCUT2D eigenvalue weighted by atomic mass is 10.1. The van der Waals surface area contributed by atoms with Gasteiger partial charge in [0.15, 0.2) is 0 Å². The first kappa shape index (κ1) is 14.5. The van der Waals surface area contributed by atoms with Crippen LogP contribution in [0, 0.1) is 6.92 Å². The largest absolute Gasteiger partial charge is 0.478 e. The molecule has 0 saturated carbocycles. The number of benzene rings is 1. The molecule has 0 unspecified atom stereocenters. The van der Waals surface area contributed by atoms with Gasteiger partial charge in [-0.15, -0.1) is 0 Å². The van der Waals surface area contributed by atoms with E-state index in [-0.39, 0.29) is 5.56 Å². The van der Waals surface area contributed by atoms with Gasteiger partial charge in [-0.2, -0.15) is 0 Å². The molecule has 0 aliphatic rings. The molecule has 6 heteroatoms. The van der Waals surface area contributed by atoms with Crippen LogP contribution in [0.2, 0.25) is 0 Å². The third kappa shape index (κ3) is 3.79. The minimum absolute atomic E-state index is 0.239. The molecule has 1 heterocycles. The summed E-state index contributed by atoms with van der Waals surface area (Å²) >= 11 is 0. The molecule has 4 N–H and O–H groups in total. The predicted octanol–water partition coefficient (Wildman–Crippen LogP) is 1.80. The molecular formula is C15H15N3O3. The van der Waals surface area contributed by atoms with Crippen LogP contribution in [0.15, 0.2) is 36.4 Å². The van der Waals surface area contributed by atoms with Crippen molar-refractivity contribution in [3.63, 3.8) is 0 Å². The van der Waals surface area contributed by atoms with Gasteiger partial charge in [0.1, 0.15) is 5.82 Å². The van der Waals surface area contributed by atoms with Gasteiger partial charge in [0.05, 0.1) is 5.56 Å². The van der Waals surface area contributed by atoms with Crippen molar-refractivity contribution in [1.29, 1.82) is 0 Å². The van der Waals surface area contributed by atoms with Crippen molar-refractivity contribution in [1.82, 2.24) is 4.98 Å². The third-order valence-electron chi connectivity index (χ3n) is 2.91. The van der Waals surface area contributed by atoms with Crippen molar-refractivity contribution < 1.29 is 14.7 Å². The van der Waals surface area contributed by atoms with Crippen LogP contribution in [-0.2, 0) is 6.54 Å². The topological polar surface area (TPSA) is 105 Å². The number of anilines is 1. The number of rotatable bonds is 5. The fourth-order valence-corrected chi connectivity index (χ4v) is 1.86. The minimum Gasteiger partial charge on any atom is -0.478 e. The molecule has 0 aliphatic carbocycles. The number of hydrogen-bond donors (Lipinski definition) is 3. The Morgan fingerprint density at radius 3 is 2.43 bits per heavy atom. The Morgan fingerprint density at radius 2 is 1.86 bits per heavy atom. The van der Waals surface area contributed by atoms with Crippen molar-refractivity contribution in [3.05, 3.63) is 58.8 Å². The molecule has 0 bridgehead atoms. The quantitative estimate of drug-likeness (QED) is 0.776. The van der Waals surface area contributed by atoms with Crippen LogP contribution >= 0.6 is 0 Å². The second-order valence-electron chi connectivity index (χ2n) is 4.60. The number of pyridine rings is 1. The summed E-state index contributed by atoms with van der Waals surface area (Å²) in [6.45, 7) is 2.24. The van der Waals surface area contributed by atoms with Crippen molar-refractivity contribution in [2.45, 2.75) is 13.5 Å². The predicted molar refractivity (Wildman–Crippen MR) is 78.2 cm³/mol. The Kier molecular flexibility index (Phi) is 4.18. The van der Waals surface area contributed by atoms with Gasteiger partial charge < -0.3 is 16.2 Å². The highest BCUT2D eigenvalue weighted by Gasteiger charge is 2.05. The summed E-state index contributed by atoms with van der Waals surface area (Å²) < 4.78 is 0. The summed E-state index contributed by atoms with van der Waals surface area (Å²) in [5.41, 5.74) is 7.48. The van der Waals surface area contributed by atoms with Crippen LogP contribution in [-0.4, -0.2) is 22.0 Å². The Morgan fingerprint density at radius 1 is 1.19 bits per heavy atom. The van der Waals surface area contributed by atoms with E-state index in [0.29, 0.717) is 23.6 Å². The van der Waals surface area contributed by atoms with E-state index >= 15 is 0 Å². The first-order chi connectivity index (χ1) is 9.95.